The second-order valence-corrected chi connectivity index (χ2v) is 5.92. The number of fused-ring (bicyclic) bond motifs is 3. The number of anilines is 2. The van der Waals surface area contributed by atoms with E-state index in [0.717, 1.165) is 16.8 Å². The molecule has 0 aliphatic carbocycles. The van der Waals surface area contributed by atoms with E-state index in [1.807, 2.05) is 12.1 Å². The Hall–Kier alpha value is -1.48. The molecule has 16 heavy (non-hydrogen) atoms. The first-order valence-corrected chi connectivity index (χ1v) is 6.69. The van der Waals surface area contributed by atoms with Crippen molar-refractivity contribution in [3.05, 3.63) is 36.4 Å². The number of nitrogens with two attached hydrogens (primary N) is 2. The fourth-order valence-corrected chi connectivity index (χ4v) is 4.32. The van der Waals surface area contributed by atoms with Gasteiger partial charge in [0.1, 0.15) is 0 Å². The van der Waals surface area contributed by atoms with Crippen LogP contribution in [0.5, 0.6) is 0 Å². The van der Waals surface area contributed by atoms with Crippen molar-refractivity contribution < 1.29 is 0 Å². The van der Waals surface area contributed by atoms with Crippen LogP contribution in [-0.2, 0) is 0 Å². The molecule has 3 rings (SSSR count). The van der Waals surface area contributed by atoms with E-state index in [1.165, 1.54) is 13.9 Å². The van der Waals surface area contributed by atoms with Crippen molar-refractivity contribution in [2.24, 2.45) is 5.84 Å². The van der Waals surface area contributed by atoms with Crippen molar-refractivity contribution in [3.63, 3.8) is 0 Å². The Morgan fingerprint density at radius 2 is 1.81 bits per heavy atom. The maximum atomic E-state index is 6.13. The van der Waals surface area contributed by atoms with Gasteiger partial charge < -0.3 is 0 Å². The van der Waals surface area contributed by atoms with Crippen molar-refractivity contribution in [1.29, 1.82) is 0 Å². The average molecular weight is 276 g/mol. The summed E-state index contributed by atoms with van der Waals surface area (Å²) in [6, 6.07) is 12.5. The number of hydrogen-bond acceptors (Lipinski definition) is 3. The van der Waals surface area contributed by atoms with Crippen LogP contribution in [0.15, 0.2) is 36.4 Å². The zero-order valence-electron chi connectivity index (χ0n) is 8.53. The van der Waals surface area contributed by atoms with Crippen LogP contribution in [0.1, 0.15) is 0 Å². The number of benzene rings is 2. The summed E-state index contributed by atoms with van der Waals surface area (Å²) in [4.78, 5) is 0. The number of rotatable bonds is 1. The van der Waals surface area contributed by atoms with Crippen molar-refractivity contribution >= 4 is 45.2 Å². The normalized spacial score (nSPS) is 11.1. The molecular weight excluding hydrogens is 265 g/mol. The first-order chi connectivity index (χ1) is 7.81. The molecule has 4 heteroatoms. The van der Waals surface area contributed by atoms with Gasteiger partial charge >= 0.3 is 98.6 Å². The zero-order chi connectivity index (χ0) is 11.1. The maximum absolute atomic E-state index is 6.13. The number of hydrazine groups is 1. The molecule has 0 bridgehead atoms. The molecule has 0 radical (unpaired) electrons. The second kappa shape index (κ2) is 3.52. The Kier molecular flexibility index (Phi) is 2.14. The van der Waals surface area contributed by atoms with Crippen molar-refractivity contribution in [2.75, 3.05) is 11.2 Å². The molecule has 0 fully saturated rings. The Balaban J connectivity index is 2.53. The average Bonchev–Trinajstić information content (AvgIpc) is 2.68. The van der Waals surface area contributed by atoms with Gasteiger partial charge in [-0.3, -0.25) is 0 Å². The predicted octanol–water partition coefficient (Wildman–Crippen LogP) is 1.92. The number of hydrogen-bond donors (Lipinski definition) is 3. The summed E-state index contributed by atoms with van der Waals surface area (Å²) in [5, 5.41) is 2.41. The minimum atomic E-state index is 0.368. The first kappa shape index (κ1) is 9.72. The van der Waals surface area contributed by atoms with Crippen LogP contribution in [0, 0.1) is 0 Å². The van der Waals surface area contributed by atoms with E-state index >= 15 is 0 Å². The summed E-state index contributed by atoms with van der Waals surface area (Å²) in [7, 11) is 0. The predicted molar refractivity (Wildman–Crippen MR) is 70.6 cm³/mol. The van der Waals surface area contributed by atoms with Gasteiger partial charge in [-0.05, 0) is 0 Å². The zero-order valence-corrected chi connectivity index (χ0v) is 10.2. The molecule has 0 unspecified atom stereocenters. The van der Waals surface area contributed by atoms with Crippen LogP contribution in [-0.4, -0.2) is 14.5 Å². The molecular formula is C12H11N3Se. The monoisotopic (exact) mass is 277 g/mol. The molecule has 5 N–H and O–H groups in total. The molecule has 0 amide bonds. The standard InChI is InChI=1S/C12H11N3Se/c13-12-8(15-14)5-6-10-11(12)7-3-1-2-4-9(7)16-10/h1-6,15H,13-14H2. The van der Waals surface area contributed by atoms with Gasteiger partial charge in [0.25, 0.3) is 0 Å². The fourth-order valence-electron chi connectivity index (χ4n) is 1.97. The SMILES string of the molecule is NNc1ccc2[se]c3ccccc3c2c1N. The third kappa shape index (κ3) is 1.25. The van der Waals surface area contributed by atoms with E-state index in [2.05, 4.69) is 29.7 Å². The molecule has 0 atom stereocenters. The summed E-state index contributed by atoms with van der Waals surface area (Å²) in [6.45, 7) is 0. The summed E-state index contributed by atoms with van der Waals surface area (Å²) in [5.41, 5.74) is 10.3. The second-order valence-electron chi connectivity index (χ2n) is 3.64. The Morgan fingerprint density at radius 3 is 2.62 bits per heavy atom. The number of nitrogens with one attached hydrogen (secondary N) is 1. The molecule has 0 aliphatic rings. The van der Waals surface area contributed by atoms with E-state index in [0.29, 0.717) is 14.5 Å². The van der Waals surface area contributed by atoms with E-state index in [-0.39, 0.29) is 0 Å². The van der Waals surface area contributed by atoms with Crippen molar-refractivity contribution in [3.8, 4) is 0 Å². The molecule has 1 aromatic heterocycles. The van der Waals surface area contributed by atoms with Gasteiger partial charge in [0.2, 0.25) is 0 Å². The van der Waals surface area contributed by atoms with Crippen LogP contribution >= 0.6 is 0 Å². The fraction of sp³-hybridized carbons (Fsp3) is 0. The van der Waals surface area contributed by atoms with Gasteiger partial charge in [-0.1, -0.05) is 0 Å². The molecule has 3 nitrogen and oxygen atoms in total. The van der Waals surface area contributed by atoms with Crippen LogP contribution in [0.25, 0.3) is 19.3 Å². The molecule has 2 aromatic carbocycles. The van der Waals surface area contributed by atoms with Crippen LogP contribution < -0.4 is 17.0 Å². The summed E-state index contributed by atoms with van der Waals surface area (Å²) in [6.07, 6.45) is 0. The Bertz CT molecular complexity index is 672. The topological polar surface area (TPSA) is 64.1 Å². The van der Waals surface area contributed by atoms with Crippen LogP contribution in [0.4, 0.5) is 11.4 Å². The van der Waals surface area contributed by atoms with Crippen molar-refractivity contribution in [1.82, 2.24) is 0 Å². The quantitative estimate of drug-likeness (QED) is 0.275. The van der Waals surface area contributed by atoms with E-state index in [4.69, 9.17) is 11.6 Å². The molecule has 80 valence electrons. The van der Waals surface area contributed by atoms with Gasteiger partial charge in [-0.15, -0.1) is 0 Å². The molecule has 0 spiro atoms. The van der Waals surface area contributed by atoms with Crippen LogP contribution in [0.3, 0.4) is 0 Å². The van der Waals surface area contributed by atoms with Crippen molar-refractivity contribution in [2.45, 2.75) is 0 Å². The Labute approximate surface area is 98.8 Å². The molecule has 3 aromatic rings. The van der Waals surface area contributed by atoms with Gasteiger partial charge in [0.05, 0.1) is 0 Å². The van der Waals surface area contributed by atoms with Gasteiger partial charge in [-0.2, -0.15) is 0 Å². The molecule has 1 heterocycles. The third-order valence-corrected chi connectivity index (χ3v) is 5.12. The van der Waals surface area contributed by atoms with E-state index < -0.39 is 0 Å². The van der Waals surface area contributed by atoms with Crippen LogP contribution in [0.2, 0.25) is 0 Å². The minimum absolute atomic E-state index is 0.368. The summed E-state index contributed by atoms with van der Waals surface area (Å²) in [5.74, 6) is 5.44. The summed E-state index contributed by atoms with van der Waals surface area (Å²) < 4.78 is 2.73. The number of nitrogen functional groups attached to an aromatic ring is 2. The van der Waals surface area contributed by atoms with E-state index in [1.54, 1.807) is 0 Å². The molecule has 0 aliphatic heterocycles. The first-order valence-electron chi connectivity index (χ1n) is 4.97. The Morgan fingerprint density at radius 1 is 1.00 bits per heavy atom. The molecule has 0 saturated carbocycles. The molecule has 0 saturated heterocycles. The summed E-state index contributed by atoms with van der Waals surface area (Å²) >= 11 is 0.368. The van der Waals surface area contributed by atoms with Gasteiger partial charge in [0, 0.05) is 0 Å². The third-order valence-electron chi connectivity index (χ3n) is 2.74. The van der Waals surface area contributed by atoms with E-state index in [9.17, 15) is 0 Å². The van der Waals surface area contributed by atoms with Gasteiger partial charge in [0.15, 0.2) is 0 Å². The van der Waals surface area contributed by atoms with Gasteiger partial charge in [-0.25, -0.2) is 0 Å².